The minimum absolute atomic E-state index is 0. The Labute approximate surface area is 177 Å². The van der Waals surface area contributed by atoms with Gasteiger partial charge in [0.2, 0.25) is 0 Å². The first kappa shape index (κ1) is 21.5. The van der Waals surface area contributed by atoms with Gasteiger partial charge in [-0.15, -0.1) is 24.0 Å². The van der Waals surface area contributed by atoms with Crippen molar-refractivity contribution in [2.45, 2.75) is 26.2 Å². The number of aromatic amines is 1. The first-order chi connectivity index (χ1) is 12.7. The quantitative estimate of drug-likeness (QED) is 0.295. The molecule has 0 radical (unpaired) electrons. The number of carbonyl (C=O) groups excluding carboxylic acids is 1. The molecule has 2 aromatic rings. The van der Waals surface area contributed by atoms with Crippen molar-refractivity contribution in [3.63, 3.8) is 0 Å². The lowest BCUT2D eigenvalue weighted by Gasteiger charge is -2.33. The number of carbonyl (C=O) groups is 1. The average molecular weight is 485 g/mol. The molecule has 3 rings (SSSR count). The fourth-order valence-corrected chi connectivity index (χ4v) is 3.37. The smallest absolute Gasteiger partial charge is 0.310 e. The highest BCUT2D eigenvalue weighted by Gasteiger charge is 2.28. The van der Waals surface area contributed by atoms with E-state index in [2.05, 4.69) is 25.2 Å². The van der Waals surface area contributed by atoms with E-state index in [1.54, 1.807) is 7.05 Å². The summed E-state index contributed by atoms with van der Waals surface area (Å²) < 4.78 is 5.17. The van der Waals surface area contributed by atoms with Crippen LogP contribution in [0, 0.1) is 5.92 Å². The molecular formula is C19H28IN5O2. The number of nitrogens with one attached hydrogen (secondary N) is 2. The summed E-state index contributed by atoms with van der Waals surface area (Å²) in [6, 6.07) is 8.02. The van der Waals surface area contributed by atoms with Crippen LogP contribution in [0.25, 0.3) is 11.0 Å². The first-order valence-corrected chi connectivity index (χ1v) is 9.27. The summed E-state index contributed by atoms with van der Waals surface area (Å²) in [7, 11) is 1.78. The minimum Gasteiger partial charge on any atom is -0.466 e. The SMILES string of the molecule is CCOC(=O)C1CCCN(C(=NC)NCCc2nc3ccccc3[nH]2)C1.I. The van der Waals surface area contributed by atoms with E-state index in [1.165, 1.54) is 0 Å². The number of H-pyrrole nitrogens is 1. The number of piperidine rings is 1. The first-order valence-electron chi connectivity index (χ1n) is 9.27. The van der Waals surface area contributed by atoms with Gasteiger partial charge in [-0.3, -0.25) is 9.79 Å². The van der Waals surface area contributed by atoms with Gasteiger partial charge in [0.05, 0.1) is 23.6 Å². The molecule has 1 unspecified atom stereocenters. The predicted octanol–water partition coefficient (Wildman–Crippen LogP) is 2.57. The third-order valence-electron chi connectivity index (χ3n) is 4.64. The molecule has 1 atom stereocenters. The van der Waals surface area contributed by atoms with Crippen LogP contribution in [-0.4, -0.2) is 60.1 Å². The Morgan fingerprint density at radius 3 is 3.00 bits per heavy atom. The molecule has 0 amide bonds. The fourth-order valence-electron chi connectivity index (χ4n) is 3.37. The molecule has 2 N–H and O–H groups in total. The van der Waals surface area contributed by atoms with E-state index in [-0.39, 0.29) is 35.9 Å². The molecule has 0 spiro atoms. The van der Waals surface area contributed by atoms with Crippen LogP contribution < -0.4 is 5.32 Å². The Hall–Kier alpha value is -1.84. The lowest BCUT2D eigenvalue weighted by atomic mass is 9.98. The summed E-state index contributed by atoms with van der Waals surface area (Å²) in [4.78, 5) is 26.5. The van der Waals surface area contributed by atoms with Crippen molar-refractivity contribution in [3.05, 3.63) is 30.1 Å². The summed E-state index contributed by atoms with van der Waals surface area (Å²) >= 11 is 0. The maximum Gasteiger partial charge on any atom is 0.310 e. The number of para-hydroxylation sites is 2. The van der Waals surface area contributed by atoms with Crippen LogP contribution in [0.5, 0.6) is 0 Å². The number of hydrogen-bond donors (Lipinski definition) is 2. The number of benzene rings is 1. The molecule has 1 saturated heterocycles. The molecule has 7 nitrogen and oxygen atoms in total. The zero-order valence-electron chi connectivity index (χ0n) is 15.9. The number of esters is 1. The number of halogens is 1. The second-order valence-electron chi connectivity index (χ2n) is 6.46. The van der Waals surface area contributed by atoms with Crippen LogP contribution in [0.4, 0.5) is 0 Å². The van der Waals surface area contributed by atoms with Gasteiger partial charge < -0.3 is 19.9 Å². The van der Waals surface area contributed by atoms with Gasteiger partial charge in [0, 0.05) is 33.1 Å². The standard InChI is InChI=1S/C19H27N5O2.HI/c1-3-26-18(25)14-7-6-12-24(13-14)19(20-2)21-11-10-17-22-15-8-4-5-9-16(15)23-17;/h4-5,8-9,14H,3,6-7,10-13H2,1-2H3,(H,20,21)(H,22,23);1H. The van der Waals surface area contributed by atoms with Crippen molar-refractivity contribution in [3.8, 4) is 0 Å². The molecule has 1 aliphatic rings. The van der Waals surface area contributed by atoms with E-state index in [0.29, 0.717) is 13.2 Å². The van der Waals surface area contributed by atoms with Gasteiger partial charge in [-0.05, 0) is 31.9 Å². The molecule has 0 saturated carbocycles. The topological polar surface area (TPSA) is 82.6 Å². The summed E-state index contributed by atoms with van der Waals surface area (Å²) in [5, 5.41) is 3.39. The number of guanidine groups is 1. The second-order valence-corrected chi connectivity index (χ2v) is 6.46. The highest BCUT2D eigenvalue weighted by Crippen LogP contribution is 2.18. The number of fused-ring (bicyclic) bond motifs is 1. The number of imidazole rings is 1. The van der Waals surface area contributed by atoms with Gasteiger partial charge in [0.1, 0.15) is 5.82 Å². The molecule has 1 aromatic heterocycles. The normalized spacial score (nSPS) is 17.5. The highest BCUT2D eigenvalue weighted by atomic mass is 127. The van der Waals surface area contributed by atoms with Gasteiger partial charge in [0.15, 0.2) is 5.96 Å². The lowest BCUT2D eigenvalue weighted by Crippen LogP contribution is -2.48. The number of rotatable bonds is 5. The molecule has 1 fully saturated rings. The van der Waals surface area contributed by atoms with Crippen LogP contribution in [0.1, 0.15) is 25.6 Å². The Kier molecular flexibility index (Phi) is 8.33. The molecular weight excluding hydrogens is 457 g/mol. The number of hydrogen-bond acceptors (Lipinski definition) is 4. The lowest BCUT2D eigenvalue weighted by molar-refractivity contribution is -0.149. The summed E-state index contributed by atoms with van der Waals surface area (Å²) in [5.74, 6) is 1.61. The van der Waals surface area contributed by atoms with Gasteiger partial charge in [-0.1, -0.05) is 12.1 Å². The zero-order valence-corrected chi connectivity index (χ0v) is 18.2. The van der Waals surface area contributed by atoms with Crippen molar-refractivity contribution in [2.75, 3.05) is 33.3 Å². The average Bonchev–Trinajstić information content (AvgIpc) is 3.08. The molecule has 1 aromatic carbocycles. The Bertz CT molecular complexity index is 743. The summed E-state index contributed by atoms with van der Waals surface area (Å²) in [5.41, 5.74) is 2.04. The molecule has 0 bridgehead atoms. The van der Waals surface area contributed by atoms with Crippen LogP contribution in [0.15, 0.2) is 29.3 Å². The monoisotopic (exact) mass is 485 g/mol. The number of aromatic nitrogens is 2. The largest absolute Gasteiger partial charge is 0.466 e. The second kappa shape index (κ2) is 10.5. The maximum atomic E-state index is 12.0. The van der Waals surface area contributed by atoms with E-state index >= 15 is 0 Å². The molecule has 148 valence electrons. The molecule has 2 heterocycles. The Morgan fingerprint density at radius 2 is 2.26 bits per heavy atom. The molecule has 1 aliphatic heterocycles. The van der Waals surface area contributed by atoms with E-state index in [9.17, 15) is 4.79 Å². The van der Waals surface area contributed by atoms with E-state index in [1.807, 2.05) is 31.2 Å². The van der Waals surface area contributed by atoms with Gasteiger partial charge in [-0.25, -0.2) is 4.98 Å². The van der Waals surface area contributed by atoms with Crippen LogP contribution in [-0.2, 0) is 16.0 Å². The minimum atomic E-state index is -0.102. The van der Waals surface area contributed by atoms with Crippen molar-refractivity contribution < 1.29 is 9.53 Å². The van der Waals surface area contributed by atoms with Crippen LogP contribution in [0.2, 0.25) is 0 Å². The Morgan fingerprint density at radius 1 is 1.44 bits per heavy atom. The number of aliphatic imine (C=N–C) groups is 1. The number of ether oxygens (including phenoxy) is 1. The summed E-state index contributed by atoms with van der Waals surface area (Å²) in [6.07, 6.45) is 2.63. The van der Waals surface area contributed by atoms with Crippen LogP contribution in [0.3, 0.4) is 0 Å². The molecule has 0 aliphatic carbocycles. The molecule has 27 heavy (non-hydrogen) atoms. The van der Waals surface area contributed by atoms with Crippen LogP contribution >= 0.6 is 24.0 Å². The zero-order chi connectivity index (χ0) is 18.4. The van der Waals surface area contributed by atoms with Crippen molar-refractivity contribution >= 4 is 46.9 Å². The maximum absolute atomic E-state index is 12.0. The van der Waals surface area contributed by atoms with E-state index in [0.717, 1.165) is 55.2 Å². The highest BCUT2D eigenvalue weighted by molar-refractivity contribution is 14.0. The third kappa shape index (κ3) is 5.57. The number of likely N-dealkylation sites (tertiary alicyclic amines) is 1. The van der Waals surface area contributed by atoms with E-state index < -0.39 is 0 Å². The predicted molar refractivity (Wildman–Crippen MR) is 118 cm³/mol. The Balaban J connectivity index is 0.00000261. The van der Waals surface area contributed by atoms with Gasteiger partial charge >= 0.3 is 5.97 Å². The van der Waals surface area contributed by atoms with Gasteiger partial charge in [-0.2, -0.15) is 0 Å². The molecule has 8 heteroatoms. The van der Waals surface area contributed by atoms with Crippen molar-refractivity contribution in [1.82, 2.24) is 20.2 Å². The summed E-state index contributed by atoms with van der Waals surface area (Å²) in [6.45, 7) is 4.56. The van der Waals surface area contributed by atoms with Crippen molar-refractivity contribution in [2.24, 2.45) is 10.9 Å². The van der Waals surface area contributed by atoms with Gasteiger partial charge in [0.25, 0.3) is 0 Å². The van der Waals surface area contributed by atoms with E-state index in [4.69, 9.17) is 4.74 Å². The van der Waals surface area contributed by atoms with Crippen molar-refractivity contribution in [1.29, 1.82) is 0 Å². The number of nitrogens with zero attached hydrogens (tertiary/aromatic N) is 3. The third-order valence-corrected chi connectivity index (χ3v) is 4.64. The fraction of sp³-hybridized carbons (Fsp3) is 0.526.